The molecule has 0 aromatic heterocycles. The summed E-state index contributed by atoms with van der Waals surface area (Å²) in [5, 5.41) is 4.13. The first-order chi connectivity index (χ1) is 9.97. The average molecular weight is 305 g/mol. The van der Waals surface area contributed by atoms with Crippen molar-refractivity contribution in [2.24, 2.45) is 0 Å². The highest BCUT2D eigenvalue weighted by Gasteiger charge is 2.11. The van der Waals surface area contributed by atoms with Gasteiger partial charge in [0.05, 0.1) is 17.5 Å². The number of rotatable bonds is 5. The molecule has 21 heavy (non-hydrogen) atoms. The van der Waals surface area contributed by atoms with E-state index in [9.17, 15) is 0 Å². The van der Waals surface area contributed by atoms with Crippen molar-refractivity contribution in [2.45, 2.75) is 32.9 Å². The van der Waals surface area contributed by atoms with Gasteiger partial charge in [-0.05, 0) is 50.6 Å². The lowest BCUT2D eigenvalue weighted by Crippen LogP contribution is -2.11. The molecular weight excluding hydrogens is 284 g/mol. The zero-order valence-corrected chi connectivity index (χ0v) is 13.3. The molecule has 0 aliphatic heterocycles. The number of anilines is 2. The van der Waals surface area contributed by atoms with Gasteiger partial charge in [-0.1, -0.05) is 29.8 Å². The summed E-state index contributed by atoms with van der Waals surface area (Å²) in [5.41, 5.74) is 8.77. The third-order valence-electron chi connectivity index (χ3n) is 3.15. The van der Waals surface area contributed by atoms with Gasteiger partial charge >= 0.3 is 0 Å². The van der Waals surface area contributed by atoms with Crippen molar-refractivity contribution in [3.05, 3.63) is 53.1 Å². The van der Waals surface area contributed by atoms with Gasteiger partial charge in [0.25, 0.3) is 0 Å². The van der Waals surface area contributed by atoms with Crippen LogP contribution >= 0.6 is 11.6 Å². The number of nitrogens with two attached hydrogens (primary N) is 1. The lowest BCUT2D eigenvalue weighted by molar-refractivity contribution is 0.244. The van der Waals surface area contributed by atoms with E-state index >= 15 is 0 Å². The molecule has 3 nitrogen and oxygen atoms in total. The van der Waals surface area contributed by atoms with Crippen LogP contribution in [0.2, 0.25) is 5.02 Å². The van der Waals surface area contributed by atoms with Gasteiger partial charge in [0.2, 0.25) is 0 Å². The van der Waals surface area contributed by atoms with Crippen LogP contribution in [0.1, 0.15) is 32.4 Å². The molecule has 2 aromatic rings. The molecule has 0 amide bonds. The molecule has 112 valence electrons. The average Bonchev–Trinajstić information content (AvgIpc) is 2.42. The van der Waals surface area contributed by atoms with E-state index in [-0.39, 0.29) is 12.1 Å². The normalized spacial score (nSPS) is 12.2. The number of hydrogen-bond donors (Lipinski definition) is 2. The van der Waals surface area contributed by atoms with E-state index < -0.39 is 0 Å². The van der Waals surface area contributed by atoms with Crippen molar-refractivity contribution in [2.75, 3.05) is 11.1 Å². The standard InChI is InChI=1S/C17H21ClN2O/c1-11(2)21-16-9-5-8-15(17(16)19)20-12(3)13-6-4-7-14(18)10-13/h4-12,20H,19H2,1-3H3. The maximum absolute atomic E-state index is 6.17. The summed E-state index contributed by atoms with van der Waals surface area (Å²) in [6.07, 6.45) is 0.0907. The van der Waals surface area contributed by atoms with Gasteiger partial charge in [0, 0.05) is 11.1 Å². The van der Waals surface area contributed by atoms with Gasteiger partial charge in [0.1, 0.15) is 5.75 Å². The first-order valence-corrected chi connectivity index (χ1v) is 7.42. The van der Waals surface area contributed by atoms with Crippen molar-refractivity contribution in [1.82, 2.24) is 0 Å². The summed E-state index contributed by atoms with van der Waals surface area (Å²) in [7, 11) is 0. The predicted molar refractivity (Wildman–Crippen MR) is 90.1 cm³/mol. The monoisotopic (exact) mass is 304 g/mol. The summed E-state index contributed by atoms with van der Waals surface area (Å²) < 4.78 is 5.71. The minimum atomic E-state index is 0.0907. The lowest BCUT2D eigenvalue weighted by Gasteiger charge is -2.20. The molecule has 0 saturated carbocycles. The van der Waals surface area contributed by atoms with Crippen LogP contribution < -0.4 is 15.8 Å². The van der Waals surface area contributed by atoms with Crippen LogP contribution in [0.5, 0.6) is 5.75 Å². The summed E-state index contributed by atoms with van der Waals surface area (Å²) in [5.74, 6) is 0.702. The highest BCUT2D eigenvalue weighted by molar-refractivity contribution is 6.30. The van der Waals surface area contributed by atoms with Crippen LogP contribution in [0.15, 0.2) is 42.5 Å². The van der Waals surface area contributed by atoms with Crippen LogP contribution in [0.4, 0.5) is 11.4 Å². The summed E-state index contributed by atoms with van der Waals surface area (Å²) in [4.78, 5) is 0. The lowest BCUT2D eigenvalue weighted by atomic mass is 10.1. The third-order valence-corrected chi connectivity index (χ3v) is 3.38. The van der Waals surface area contributed by atoms with E-state index in [1.165, 1.54) is 0 Å². The van der Waals surface area contributed by atoms with E-state index in [0.717, 1.165) is 16.3 Å². The van der Waals surface area contributed by atoms with E-state index in [4.69, 9.17) is 22.1 Å². The molecule has 0 radical (unpaired) electrons. The van der Waals surface area contributed by atoms with Gasteiger partial charge in [-0.2, -0.15) is 0 Å². The summed E-state index contributed by atoms with van der Waals surface area (Å²) >= 11 is 6.03. The molecule has 0 saturated heterocycles. The Morgan fingerprint density at radius 3 is 2.48 bits per heavy atom. The van der Waals surface area contributed by atoms with Crippen LogP contribution in [-0.4, -0.2) is 6.10 Å². The van der Waals surface area contributed by atoms with E-state index in [0.29, 0.717) is 11.4 Å². The molecule has 1 unspecified atom stereocenters. The van der Waals surface area contributed by atoms with Gasteiger partial charge < -0.3 is 15.8 Å². The van der Waals surface area contributed by atoms with Crippen molar-refractivity contribution in [1.29, 1.82) is 0 Å². The summed E-state index contributed by atoms with van der Waals surface area (Å²) in [6, 6.07) is 13.6. The zero-order chi connectivity index (χ0) is 15.4. The molecule has 0 aliphatic rings. The number of nitrogen functional groups attached to an aromatic ring is 1. The smallest absolute Gasteiger partial charge is 0.144 e. The van der Waals surface area contributed by atoms with Crippen LogP contribution in [0.25, 0.3) is 0 Å². The van der Waals surface area contributed by atoms with Gasteiger partial charge in [-0.25, -0.2) is 0 Å². The molecule has 0 aliphatic carbocycles. The molecule has 4 heteroatoms. The molecule has 2 aromatic carbocycles. The number of halogens is 1. The zero-order valence-electron chi connectivity index (χ0n) is 12.6. The fourth-order valence-corrected chi connectivity index (χ4v) is 2.32. The number of benzene rings is 2. The second-order valence-electron chi connectivity index (χ2n) is 5.31. The second-order valence-corrected chi connectivity index (χ2v) is 5.74. The first-order valence-electron chi connectivity index (χ1n) is 7.04. The Kier molecular flexibility index (Phi) is 4.97. The minimum Gasteiger partial charge on any atom is -0.489 e. The molecule has 0 fully saturated rings. The highest BCUT2D eigenvalue weighted by atomic mass is 35.5. The fraction of sp³-hybridized carbons (Fsp3) is 0.294. The Labute approximate surface area is 131 Å². The van der Waals surface area contributed by atoms with E-state index in [1.54, 1.807) is 0 Å². The van der Waals surface area contributed by atoms with Crippen LogP contribution in [0.3, 0.4) is 0 Å². The second kappa shape index (κ2) is 6.72. The maximum atomic E-state index is 6.17. The van der Waals surface area contributed by atoms with Crippen molar-refractivity contribution >= 4 is 23.0 Å². The van der Waals surface area contributed by atoms with Crippen molar-refractivity contribution in [3.8, 4) is 5.75 Å². The molecule has 1 atom stereocenters. The third kappa shape index (κ3) is 4.05. The fourth-order valence-electron chi connectivity index (χ4n) is 2.12. The minimum absolute atomic E-state index is 0.0907. The predicted octanol–water partition coefficient (Wildman–Crippen LogP) is 4.88. The Bertz CT molecular complexity index is 613. The topological polar surface area (TPSA) is 47.3 Å². The van der Waals surface area contributed by atoms with Crippen molar-refractivity contribution < 1.29 is 4.74 Å². The highest BCUT2D eigenvalue weighted by Crippen LogP contribution is 2.32. The van der Waals surface area contributed by atoms with Gasteiger partial charge in [-0.3, -0.25) is 0 Å². The Morgan fingerprint density at radius 2 is 1.81 bits per heavy atom. The van der Waals surface area contributed by atoms with Gasteiger partial charge in [-0.15, -0.1) is 0 Å². The Morgan fingerprint density at radius 1 is 1.10 bits per heavy atom. The Balaban J connectivity index is 2.19. The van der Waals surface area contributed by atoms with Gasteiger partial charge in [0.15, 0.2) is 0 Å². The molecule has 0 bridgehead atoms. The largest absolute Gasteiger partial charge is 0.489 e. The molecular formula is C17H21ClN2O. The Hall–Kier alpha value is -1.87. The SMILES string of the molecule is CC(C)Oc1cccc(NC(C)c2cccc(Cl)c2)c1N. The number of ether oxygens (including phenoxy) is 1. The van der Waals surface area contributed by atoms with Crippen LogP contribution in [-0.2, 0) is 0 Å². The molecule has 0 heterocycles. The van der Waals surface area contributed by atoms with E-state index in [2.05, 4.69) is 12.2 Å². The molecule has 2 rings (SSSR count). The summed E-state index contributed by atoms with van der Waals surface area (Å²) in [6.45, 7) is 6.03. The molecule has 3 N–H and O–H groups in total. The van der Waals surface area contributed by atoms with Crippen LogP contribution in [0, 0.1) is 0 Å². The van der Waals surface area contributed by atoms with Crippen molar-refractivity contribution in [3.63, 3.8) is 0 Å². The number of para-hydroxylation sites is 1. The number of hydrogen-bond acceptors (Lipinski definition) is 3. The van der Waals surface area contributed by atoms with E-state index in [1.807, 2.05) is 56.3 Å². The maximum Gasteiger partial charge on any atom is 0.144 e. The molecule has 0 spiro atoms. The first kappa shape index (κ1) is 15.5. The quantitative estimate of drug-likeness (QED) is 0.774. The number of nitrogens with one attached hydrogen (secondary N) is 1.